The molecule has 1 heterocycles. The molecular weight excluding hydrogens is 160 g/mol. The minimum Gasteiger partial charge on any atom is -0.478 e. The standard InChI is InChI=1S/C7H6N2O3/c8-5-1-4(7(11)12)2-9-6(5)3-10/h1-3H,8H2,(H,11,12). The first-order valence-electron chi connectivity index (χ1n) is 3.09. The van der Waals surface area contributed by atoms with Crippen LogP contribution in [0.1, 0.15) is 20.8 Å². The summed E-state index contributed by atoms with van der Waals surface area (Å²) in [5.41, 5.74) is 5.41. The average Bonchev–Trinajstić information content (AvgIpc) is 2.04. The van der Waals surface area contributed by atoms with Crippen molar-refractivity contribution >= 4 is 17.9 Å². The highest BCUT2D eigenvalue weighted by atomic mass is 16.4. The highest BCUT2D eigenvalue weighted by Gasteiger charge is 2.06. The number of aromatic carboxylic acids is 1. The Bertz CT molecular complexity index is 335. The molecule has 12 heavy (non-hydrogen) atoms. The van der Waals surface area contributed by atoms with E-state index in [1.807, 2.05) is 0 Å². The number of nitrogen functional groups attached to an aromatic ring is 1. The number of pyridine rings is 1. The second-order valence-electron chi connectivity index (χ2n) is 2.12. The van der Waals surface area contributed by atoms with Gasteiger partial charge in [0.25, 0.3) is 0 Å². The first-order valence-corrected chi connectivity index (χ1v) is 3.09. The molecule has 0 atom stereocenters. The monoisotopic (exact) mass is 166 g/mol. The number of nitrogens with zero attached hydrogens (tertiary/aromatic N) is 1. The van der Waals surface area contributed by atoms with Crippen molar-refractivity contribution in [2.24, 2.45) is 0 Å². The molecule has 0 saturated heterocycles. The number of anilines is 1. The number of carboxylic acid groups (broad SMARTS) is 1. The molecule has 0 saturated carbocycles. The van der Waals surface area contributed by atoms with Crippen LogP contribution >= 0.6 is 0 Å². The molecule has 5 nitrogen and oxygen atoms in total. The molecule has 0 radical (unpaired) electrons. The van der Waals surface area contributed by atoms with Crippen LogP contribution in [0.2, 0.25) is 0 Å². The quantitative estimate of drug-likeness (QED) is 0.611. The first kappa shape index (κ1) is 8.19. The number of carboxylic acids is 1. The zero-order valence-electron chi connectivity index (χ0n) is 6.02. The van der Waals surface area contributed by atoms with Crippen molar-refractivity contribution in [3.63, 3.8) is 0 Å². The topological polar surface area (TPSA) is 93.3 Å². The van der Waals surface area contributed by atoms with E-state index in [0.29, 0.717) is 6.29 Å². The highest BCUT2D eigenvalue weighted by Crippen LogP contribution is 2.08. The second kappa shape index (κ2) is 3.00. The Morgan fingerprint density at radius 2 is 2.33 bits per heavy atom. The second-order valence-corrected chi connectivity index (χ2v) is 2.12. The van der Waals surface area contributed by atoms with Gasteiger partial charge in [-0.2, -0.15) is 0 Å². The number of aromatic nitrogens is 1. The summed E-state index contributed by atoms with van der Waals surface area (Å²) in [6.45, 7) is 0. The van der Waals surface area contributed by atoms with Crippen LogP contribution in [0.15, 0.2) is 12.3 Å². The maximum absolute atomic E-state index is 10.4. The number of nitrogens with two attached hydrogens (primary N) is 1. The Kier molecular flexibility index (Phi) is 2.05. The van der Waals surface area contributed by atoms with E-state index in [0.717, 1.165) is 6.20 Å². The Hall–Kier alpha value is -1.91. The van der Waals surface area contributed by atoms with E-state index in [9.17, 15) is 9.59 Å². The van der Waals surface area contributed by atoms with E-state index in [2.05, 4.69) is 4.98 Å². The molecule has 0 aliphatic heterocycles. The minimum absolute atomic E-state index is 0.0295. The number of hydrogen-bond acceptors (Lipinski definition) is 4. The van der Waals surface area contributed by atoms with Crippen LogP contribution in [0.3, 0.4) is 0 Å². The molecule has 0 spiro atoms. The summed E-state index contributed by atoms with van der Waals surface area (Å²) in [6.07, 6.45) is 1.56. The smallest absolute Gasteiger partial charge is 0.337 e. The normalized spacial score (nSPS) is 9.33. The van der Waals surface area contributed by atoms with Gasteiger partial charge in [-0.1, -0.05) is 0 Å². The van der Waals surface area contributed by atoms with Crippen molar-refractivity contribution in [3.05, 3.63) is 23.5 Å². The van der Waals surface area contributed by atoms with E-state index < -0.39 is 5.97 Å². The molecule has 0 bridgehead atoms. The van der Waals surface area contributed by atoms with Crippen LogP contribution in [0.5, 0.6) is 0 Å². The summed E-state index contributed by atoms with van der Waals surface area (Å²) in [5, 5.41) is 8.49. The van der Waals surface area contributed by atoms with Gasteiger partial charge >= 0.3 is 5.97 Å². The van der Waals surface area contributed by atoms with Crippen LogP contribution in [0.25, 0.3) is 0 Å². The van der Waals surface area contributed by atoms with Crippen molar-refractivity contribution in [2.45, 2.75) is 0 Å². The molecule has 0 aliphatic rings. The number of carbonyl (C=O) groups is 2. The molecule has 1 aromatic heterocycles. The lowest BCUT2D eigenvalue weighted by molar-refractivity contribution is 0.0696. The molecule has 5 heteroatoms. The summed E-state index contributed by atoms with van der Waals surface area (Å²) in [7, 11) is 0. The fourth-order valence-corrected chi connectivity index (χ4v) is 0.708. The zero-order valence-corrected chi connectivity index (χ0v) is 6.02. The largest absolute Gasteiger partial charge is 0.478 e. The molecule has 3 N–H and O–H groups in total. The van der Waals surface area contributed by atoms with E-state index in [1.54, 1.807) is 0 Å². The molecule has 0 aliphatic carbocycles. The third kappa shape index (κ3) is 1.39. The Morgan fingerprint density at radius 1 is 1.67 bits per heavy atom. The maximum atomic E-state index is 10.4. The lowest BCUT2D eigenvalue weighted by Gasteiger charge is -1.97. The van der Waals surface area contributed by atoms with Gasteiger partial charge in [-0.05, 0) is 6.07 Å². The molecule has 62 valence electrons. The molecule has 0 fully saturated rings. The Balaban J connectivity index is 3.18. The highest BCUT2D eigenvalue weighted by molar-refractivity contribution is 5.90. The van der Waals surface area contributed by atoms with Gasteiger partial charge in [0.2, 0.25) is 0 Å². The summed E-state index contributed by atoms with van der Waals surface area (Å²) in [5.74, 6) is -1.12. The van der Waals surface area contributed by atoms with Crippen LogP contribution in [0, 0.1) is 0 Å². The van der Waals surface area contributed by atoms with E-state index >= 15 is 0 Å². The van der Waals surface area contributed by atoms with Gasteiger partial charge in [0, 0.05) is 6.20 Å². The molecule has 0 unspecified atom stereocenters. The van der Waals surface area contributed by atoms with Gasteiger partial charge in [-0.3, -0.25) is 9.78 Å². The van der Waals surface area contributed by atoms with Crippen molar-refractivity contribution in [1.29, 1.82) is 0 Å². The van der Waals surface area contributed by atoms with Crippen molar-refractivity contribution in [3.8, 4) is 0 Å². The van der Waals surface area contributed by atoms with Crippen molar-refractivity contribution < 1.29 is 14.7 Å². The van der Waals surface area contributed by atoms with Gasteiger partial charge in [0.15, 0.2) is 6.29 Å². The van der Waals surface area contributed by atoms with Gasteiger partial charge < -0.3 is 10.8 Å². The van der Waals surface area contributed by atoms with Crippen LogP contribution in [-0.2, 0) is 0 Å². The summed E-state index contributed by atoms with van der Waals surface area (Å²) in [6, 6.07) is 1.19. The fraction of sp³-hybridized carbons (Fsp3) is 0. The SMILES string of the molecule is Nc1cc(C(=O)O)cnc1C=O. The van der Waals surface area contributed by atoms with Crippen LogP contribution < -0.4 is 5.73 Å². The van der Waals surface area contributed by atoms with Crippen molar-refractivity contribution in [2.75, 3.05) is 5.73 Å². The minimum atomic E-state index is -1.12. The first-order chi connectivity index (χ1) is 5.65. The lowest BCUT2D eigenvalue weighted by atomic mass is 10.2. The third-order valence-electron chi connectivity index (χ3n) is 1.31. The molecular formula is C7H6N2O3. The average molecular weight is 166 g/mol. The van der Waals surface area contributed by atoms with Crippen LogP contribution in [0.4, 0.5) is 5.69 Å². The number of aldehydes is 1. The third-order valence-corrected chi connectivity index (χ3v) is 1.31. The molecule has 1 aromatic rings. The van der Waals surface area contributed by atoms with Crippen molar-refractivity contribution in [1.82, 2.24) is 4.98 Å². The predicted octanol–water partition coefficient (Wildman–Crippen LogP) is 0.175. The fourth-order valence-electron chi connectivity index (χ4n) is 0.708. The number of carbonyl (C=O) groups excluding carboxylic acids is 1. The number of hydrogen-bond donors (Lipinski definition) is 2. The molecule has 0 amide bonds. The maximum Gasteiger partial charge on any atom is 0.337 e. The van der Waals surface area contributed by atoms with Gasteiger partial charge in [0.1, 0.15) is 5.69 Å². The summed E-state index contributed by atoms with van der Waals surface area (Å²) < 4.78 is 0. The van der Waals surface area contributed by atoms with E-state index in [1.165, 1.54) is 6.07 Å². The van der Waals surface area contributed by atoms with E-state index in [4.69, 9.17) is 10.8 Å². The Labute approximate surface area is 67.8 Å². The summed E-state index contributed by atoms with van der Waals surface area (Å²) in [4.78, 5) is 24.1. The van der Waals surface area contributed by atoms with E-state index in [-0.39, 0.29) is 16.9 Å². The lowest BCUT2D eigenvalue weighted by Crippen LogP contribution is -2.02. The van der Waals surface area contributed by atoms with Crippen LogP contribution in [-0.4, -0.2) is 22.3 Å². The number of rotatable bonds is 2. The molecule has 0 aromatic carbocycles. The summed E-state index contributed by atoms with van der Waals surface area (Å²) >= 11 is 0. The zero-order chi connectivity index (χ0) is 9.14. The predicted molar refractivity (Wildman–Crippen MR) is 41.0 cm³/mol. The van der Waals surface area contributed by atoms with Gasteiger partial charge in [0.05, 0.1) is 11.3 Å². The molecule has 1 rings (SSSR count). The Morgan fingerprint density at radius 3 is 2.75 bits per heavy atom. The van der Waals surface area contributed by atoms with Gasteiger partial charge in [-0.25, -0.2) is 4.79 Å². The van der Waals surface area contributed by atoms with Gasteiger partial charge in [-0.15, -0.1) is 0 Å².